The van der Waals surface area contributed by atoms with Crippen molar-refractivity contribution >= 4 is 12.0 Å². The summed E-state index contributed by atoms with van der Waals surface area (Å²) in [7, 11) is 0. The van der Waals surface area contributed by atoms with Gasteiger partial charge in [0.15, 0.2) is 0 Å². The third-order valence-electron chi connectivity index (χ3n) is 3.69. The maximum atomic E-state index is 11.4. The van der Waals surface area contributed by atoms with Crippen LogP contribution in [0.3, 0.4) is 0 Å². The summed E-state index contributed by atoms with van der Waals surface area (Å²) in [6.07, 6.45) is -1.00. The summed E-state index contributed by atoms with van der Waals surface area (Å²) in [4.78, 5) is 25.2. The van der Waals surface area contributed by atoms with Gasteiger partial charge in [-0.25, -0.2) is 4.79 Å². The zero-order valence-corrected chi connectivity index (χ0v) is 13.2. The minimum Gasteiger partial charge on any atom is -0.465 e. The average molecular weight is 310 g/mol. The number of amides is 2. The molecule has 1 saturated heterocycles. The molecule has 4 N–H and O–H groups in total. The zero-order chi connectivity index (χ0) is 16.7. The van der Waals surface area contributed by atoms with Crippen LogP contribution in [-0.4, -0.2) is 54.6 Å². The van der Waals surface area contributed by atoms with Crippen LogP contribution in [0.4, 0.5) is 4.79 Å². The van der Waals surface area contributed by atoms with E-state index in [4.69, 9.17) is 5.73 Å². The quantitative estimate of drug-likeness (QED) is 0.655. The van der Waals surface area contributed by atoms with Crippen LogP contribution in [0, 0.1) is 6.92 Å². The molecule has 122 valence electrons. The van der Waals surface area contributed by atoms with E-state index in [1.807, 2.05) is 20.8 Å². The van der Waals surface area contributed by atoms with Crippen LogP contribution in [0.25, 0.3) is 0 Å². The van der Waals surface area contributed by atoms with Crippen molar-refractivity contribution in [2.24, 2.45) is 5.73 Å². The molecule has 22 heavy (non-hydrogen) atoms. The summed E-state index contributed by atoms with van der Waals surface area (Å²) in [5.74, 6) is -0.182. The minimum atomic E-state index is -1.00. The number of hydrogen-bond acceptors (Lipinski definition) is 5. The first-order valence-electron chi connectivity index (χ1n) is 7.06. The van der Waals surface area contributed by atoms with Crippen LogP contribution in [0.2, 0.25) is 0 Å². The fourth-order valence-electron chi connectivity index (χ4n) is 2.22. The van der Waals surface area contributed by atoms with E-state index in [0.717, 1.165) is 0 Å². The van der Waals surface area contributed by atoms with Gasteiger partial charge in [-0.15, -0.1) is 0 Å². The molecule has 1 aromatic heterocycles. The lowest BCUT2D eigenvalue weighted by atomic mass is 10.0. The van der Waals surface area contributed by atoms with Gasteiger partial charge in [0.1, 0.15) is 11.7 Å². The number of carboxylic acid groups (broad SMARTS) is 1. The number of carbonyl (C=O) groups excluding carboxylic acids is 1. The summed E-state index contributed by atoms with van der Waals surface area (Å²) in [5.41, 5.74) is 6.39. The highest BCUT2D eigenvalue weighted by Gasteiger charge is 2.36. The molecule has 0 unspecified atom stereocenters. The summed E-state index contributed by atoms with van der Waals surface area (Å²) < 4.78 is 0. The number of aromatic nitrogens is 3. The lowest BCUT2D eigenvalue weighted by molar-refractivity contribution is -0.130. The highest BCUT2D eigenvalue weighted by Crippen LogP contribution is 2.18. The average Bonchev–Trinajstić information content (AvgIpc) is 2.73. The van der Waals surface area contributed by atoms with Crippen molar-refractivity contribution < 1.29 is 14.7 Å². The topological polar surface area (TPSA) is 126 Å². The number of carbonyl (C=O) groups is 2. The molecule has 2 amide bonds. The molecule has 0 aliphatic carbocycles. The Morgan fingerprint density at radius 2 is 2.09 bits per heavy atom. The van der Waals surface area contributed by atoms with Crippen LogP contribution in [-0.2, 0) is 17.9 Å². The van der Waals surface area contributed by atoms with E-state index in [1.54, 1.807) is 6.92 Å². The fourth-order valence-corrected chi connectivity index (χ4v) is 2.22. The van der Waals surface area contributed by atoms with Gasteiger partial charge in [0.2, 0.25) is 5.91 Å². The molecule has 0 aromatic carbocycles. The van der Waals surface area contributed by atoms with E-state index < -0.39 is 17.7 Å². The Labute approximate surface area is 128 Å². The molecule has 0 saturated carbocycles. The van der Waals surface area contributed by atoms with Crippen LogP contribution >= 0.6 is 0 Å². The molecule has 0 spiro atoms. The number of nitrogens with zero attached hydrogens (tertiary/aromatic N) is 4. The molecular weight excluding hydrogens is 288 g/mol. The molecular formula is C13H22N6O3. The number of nitrogens with two attached hydrogens (primary N) is 1. The summed E-state index contributed by atoms with van der Waals surface area (Å²) in [5, 5.41) is 20.6. The first-order valence-corrected chi connectivity index (χ1v) is 7.06. The van der Waals surface area contributed by atoms with Crippen LogP contribution in [0.5, 0.6) is 0 Å². The maximum absolute atomic E-state index is 11.4. The molecule has 1 aliphatic heterocycles. The SMILES string of the molecule is Cc1nn(C[C@H]2NC(=O)[C@H]2N)nc1CN(C(=O)O)C(C)(C)C. The Hall–Kier alpha value is -2.16. The molecule has 1 aromatic rings. The van der Waals surface area contributed by atoms with Gasteiger partial charge in [-0.1, -0.05) is 0 Å². The van der Waals surface area contributed by atoms with Crippen LogP contribution < -0.4 is 11.1 Å². The molecule has 0 bridgehead atoms. The van der Waals surface area contributed by atoms with Gasteiger partial charge in [0.05, 0.1) is 24.8 Å². The molecule has 2 atom stereocenters. The Balaban J connectivity index is 2.09. The third kappa shape index (κ3) is 3.19. The molecule has 1 aliphatic rings. The summed E-state index contributed by atoms with van der Waals surface area (Å²) in [6, 6.07) is -0.731. The van der Waals surface area contributed by atoms with Gasteiger partial charge in [-0.3, -0.25) is 9.69 Å². The van der Waals surface area contributed by atoms with Crippen molar-refractivity contribution in [2.75, 3.05) is 0 Å². The van der Waals surface area contributed by atoms with E-state index in [1.165, 1.54) is 9.70 Å². The standard InChI is InChI=1S/C13H22N6O3/c1-7-8(5-18(12(21)22)13(2,3)4)17-19(16-7)6-9-10(14)11(20)15-9/h9-10H,5-6,14H2,1-4H3,(H,15,20)(H,21,22)/t9-,10+/m1/s1. The van der Waals surface area contributed by atoms with E-state index in [9.17, 15) is 14.7 Å². The number of nitrogens with one attached hydrogen (secondary N) is 1. The smallest absolute Gasteiger partial charge is 0.408 e. The second-order valence-electron chi connectivity index (χ2n) is 6.47. The molecule has 2 heterocycles. The van der Waals surface area contributed by atoms with Gasteiger partial charge in [-0.2, -0.15) is 15.0 Å². The fraction of sp³-hybridized carbons (Fsp3) is 0.692. The van der Waals surface area contributed by atoms with Gasteiger partial charge >= 0.3 is 6.09 Å². The van der Waals surface area contributed by atoms with Crippen LogP contribution in [0.1, 0.15) is 32.2 Å². The largest absolute Gasteiger partial charge is 0.465 e. The molecule has 1 fully saturated rings. The van der Waals surface area contributed by atoms with Crippen molar-refractivity contribution in [2.45, 2.75) is 58.4 Å². The first kappa shape index (κ1) is 16.2. The van der Waals surface area contributed by atoms with Gasteiger partial charge in [0.25, 0.3) is 0 Å². The summed E-state index contributed by atoms with van der Waals surface area (Å²) >= 11 is 0. The molecule has 9 heteroatoms. The molecule has 2 rings (SSSR count). The third-order valence-corrected chi connectivity index (χ3v) is 3.69. The zero-order valence-electron chi connectivity index (χ0n) is 13.2. The summed E-state index contributed by atoms with van der Waals surface area (Å²) in [6.45, 7) is 7.78. The monoisotopic (exact) mass is 310 g/mol. The number of rotatable bonds is 4. The number of β-lactam (4-membered cyclic amide) rings is 1. The molecule has 9 nitrogen and oxygen atoms in total. The van der Waals surface area contributed by atoms with Crippen molar-refractivity contribution in [3.05, 3.63) is 11.4 Å². The van der Waals surface area contributed by atoms with Crippen molar-refractivity contribution in [3.8, 4) is 0 Å². The second-order valence-corrected chi connectivity index (χ2v) is 6.47. The Kier molecular flexibility index (Phi) is 4.10. The van der Waals surface area contributed by atoms with E-state index in [0.29, 0.717) is 17.9 Å². The highest BCUT2D eigenvalue weighted by molar-refractivity contribution is 5.88. The predicted molar refractivity (Wildman–Crippen MR) is 78.0 cm³/mol. The van der Waals surface area contributed by atoms with Gasteiger partial charge < -0.3 is 16.2 Å². The number of hydrogen-bond donors (Lipinski definition) is 3. The van der Waals surface area contributed by atoms with Gasteiger partial charge in [-0.05, 0) is 27.7 Å². The van der Waals surface area contributed by atoms with Crippen molar-refractivity contribution in [3.63, 3.8) is 0 Å². The maximum Gasteiger partial charge on any atom is 0.408 e. The minimum absolute atomic E-state index is 0.160. The lowest BCUT2D eigenvalue weighted by Gasteiger charge is -2.33. The first-order chi connectivity index (χ1) is 10.1. The van der Waals surface area contributed by atoms with Gasteiger partial charge in [0, 0.05) is 5.54 Å². The van der Waals surface area contributed by atoms with E-state index in [2.05, 4.69) is 15.5 Å². The predicted octanol–water partition coefficient (Wildman–Crippen LogP) is -0.309. The Morgan fingerprint density at radius 1 is 1.45 bits per heavy atom. The van der Waals surface area contributed by atoms with E-state index in [-0.39, 0.29) is 18.5 Å². The highest BCUT2D eigenvalue weighted by atomic mass is 16.4. The second kappa shape index (κ2) is 5.56. The molecule has 0 radical (unpaired) electrons. The van der Waals surface area contributed by atoms with Crippen LogP contribution in [0.15, 0.2) is 0 Å². The Bertz CT molecular complexity index is 591. The van der Waals surface area contributed by atoms with E-state index >= 15 is 0 Å². The van der Waals surface area contributed by atoms with Crippen molar-refractivity contribution in [1.82, 2.24) is 25.2 Å². The van der Waals surface area contributed by atoms with Crippen molar-refractivity contribution in [1.29, 1.82) is 0 Å². The normalized spacial score (nSPS) is 21.2. The lowest BCUT2D eigenvalue weighted by Crippen LogP contribution is -2.68. The number of aryl methyl sites for hydroxylation is 1. The Morgan fingerprint density at radius 3 is 2.55 bits per heavy atom.